The Balaban J connectivity index is 2.57. The summed E-state index contributed by atoms with van der Waals surface area (Å²) in [5, 5.41) is 3.25. The van der Waals surface area contributed by atoms with E-state index in [1.165, 1.54) is 0 Å². The Morgan fingerprint density at radius 3 is 2.80 bits per heavy atom. The molecule has 1 aromatic carbocycles. The highest BCUT2D eigenvalue weighted by Gasteiger charge is 2.06. The summed E-state index contributed by atoms with van der Waals surface area (Å²) in [5.74, 6) is -0.145. The molecule has 0 aliphatic carbocycles. The maximum absolute atomic E-state index is 13.3. The predicted molar refractivity (Wildman–Crippen MR) is 59.4 cm³/mol. The largest absolute Gasteiger partial charge is 0.383 e. The minimum absolute atomic E-state index is 0.145. The molecule has 2 nitrogen and oxygen atoms in total. The van der Waals surface area contributed by atoms with Crippen LogP contribution < -0.4 is 5.32 Å². The van der Waals surface area contributed by atoms with Crippen molar-refractivity contribution < 1.29 is 9.13 Å². The fourth-order valence-corrected chi connectivity index (χ4v) is 1.37. The lowest BCUT2D eigenvalue weighted by Gasteiger charge is -2.14. The molecule has 1 rings (SSSR count). The van der Waals surface area contributed by atoms with Crippen LogP contribution in [0.15, 0.2) is 18.2 Å². The summed E-state index contributed by atoms with van der Waals surface area (Å²) in [7, 11) is 1.66. The van der Waals surface area contributed by atoms with Crippen LogP contribution >= 0.6 is 0 Å². The van der Waals surface area contributed by atoms with E-state index in [-0.39, 0.29) is 11.9 Å². The second kappa shape index (κ2) is 5.83. The molecule has 0 fully saturated rings. The molecule has 84 valence electrons. The van der Waals surface area contributed by atoms with Crippen LogP contribution in [0.5, 0.6) is 0 Å². The number of aryl methyl sites for hydroxylation is 1. The number of nitrogens with one attached hydrogen (secondary N) is 1. The third kappa shape index (κ3) is 3.61. The second-order valence-electron chi connectivity index (χ2n) is 3.68. The summed E-state index contributed by atoms with van der Waals surface area (Å²) in [6.07, 6.45) is 0. The van der Waals surface area contributed by atoms with Gasteiger partial charge in [0.2, 0.25) is 0 Å². The quantitative estimate of drug-likeness (QED) is 0.755. The van der Waals surface area contributed by atoms with Gasteiger partial charge in [-0.1, -0.05) is 12.1 Å². The van der Waals surface area contributed by atoms with E-state index in [0.29, 0.717) is 12.2 Å². The fraction of sp³-hybridized carbons (Fsp3) is 0.500. The van der Waals surface area contributed by atoms with Crippen LogP contribution in [0.1, 0.15) is 24.1 Å². The number of hydrogen-bond acceptors (Lipinski definition) is 2. The maximum atomic E-state index is 13.3. The van der Waals surface area contributed by atoms with E-state index in [1.807, 2.05) is 13.0 Å². The lowest BCUT2D eigenvalue weighted by Crippen LogP contribution is -2.22. The summed E-state index contributed by atoms with van der Waals surface area (Å²) >= 11 is 0. The van der Waals surface area contributed by atoms with E-state index >= 15 is 0 Å². The Bertz CT molecular complexity index is 314. The molecule has 1 atom stereocenters. The first-order valence-electron chi connectivity index (χ1n) is 5.13. The van der Waals surface area contributed by atoms with Gasteiger partial charge >= 0.3 is 0 Å². The van der Waals surface area contributed by atoms with Crippen LogP contribution in [-0.2, 0) is 4.74 Å². The molecule has 0 bridgehead atoms. The highest BCUT2D eigenvalue weighted by atomic mass is 19.1. The monoisotopic (exact) mass is 211 g/mol. The van der Waals surface area contributed by atoms with Crippen molar-refractivity contribution in [1.29, 1.82) is 0 Å². The van der Waals surface area contributed by atoms with Crippen molar-refractivity contribution in [3.63, 3.8) is 0 Å². The van der Waals surface area contributed by atoms with Crippen LogP contribution in [0, 0.1) is 12.7 Å². The molecule has 0 aliphatic rings. The van der Waals surface area contributed by atoms with Gasteiger partial charge in [0.15, 0.2) is 0 Å². The third-order valence-corrected chi connectivity index (χ3v) is 2.45. The maximum Gasteiger partial charge on any atom is 0.126 e. The molecule has 1 N–H and O–H groups in total. The zero-order valence-electron chi connectivity index (χ0n) is 9.51. The highest BCUT2D eigenvalue weighted by molar-refractivity contribution is 5.25. The molecule has 1 unspecified atom stereocenters. The van der Waals surface area contributed by atoms with Gasteiger partial charge in [-0.3, -0.25) is 0 Å². The minimum Gasteiger partial charge on any atom is -0.383 e. The van der Waals surface area contributed by atoms with Crippen LogP contribution in [0.2, 0.25) is 0 Å². The minimum atomic E-state index is -0.145. The van der Waals surface area contributed by atoms with Gasteiger partial charge in [0.1, 0.15) is 5.82 Å². The van der Waals surface area contributed by atoms with Gasteiger partial charge in [-0.05, 0) is 31.0 Å². The Hall–Kier alpha value is -0.930. The van der Waals surface area contributed by atoms with E-state index in [1.54, 1.807) is 26.2 Å². The van der Waals surface area contributed by atoms with Gasteiger partial charge in [-0.2, -0.15) is 0 Å². The number of halogens is 1. The molecule has 0 saturated heterocycles. The van der Waals surface area contributed by atoms with Gasteiger partial charge in [0, 0.05) is 19.7 Å². The Kier molecular flexibility index (Phi) is 4.72. The molecule has 0 radical (unpaired) electrons. The van der Waals surface area contributed by atoms with Gasteiger partial charge < -0.3 is 10.1 Å². The molecular formula is C12H18FNO. The number of methoxy groups -OCH3 is 1. The lowest BCUT2D eigenvalue weighted by molar-refractivity contribution is 0.196. The standard InChI is InChI=1S/C12H18FNO/c1-9-4-5-11(8-12(9)13)10(2)14-6-7-15-3/h4-5,8,10,14H,6-7H2,1-3H3. The summed E-state index contributed by atoms with van der Waals surface area (Å²) in [6.45, 7) is 5.22. The average Bonchev–Trinajstić information content (AvgIpc) is 2.22. The normalized spacial score (nSPS) is 12.8. The molecule has 3 heteroatoms. The second-order valence-corrected chi connectivity index (χ2v) is 3.68. The summed E-state index contributed by atoms with van der Waals surface area (Å²) in [5.41, 5.74) is 1.65. The summed E-state index contributed by atoms with van der Waals surface area (Å²) in [6, 6.07) is 5.48. The molecular weight excluding hydrogens is 193 g/mol. The SMILES string of the molecule is COCCNC(C)c1ccc(C)c(F)c1. The zero-order chi connectivity index (χ0) is 11.3. The predicted octanol–water partition coefficient (Wildman–Crippen LogP) is 2.43. The van der Waals surface area contributed by atoms with E-state index in [2.05, 4.69) is 5.32 Å². The van der Waals surface area contributed by atoms with Crippen molar-refractivity contribution in [2.75, 3.05) is 20.3 Å². The lowest BCUT2D eigenvalue weighted by atomic mass is 10.1. The molecule has 0 aromatic heterocycles. The van der Waals surface area contributed by atoms with Crippen LogP contribution in [0.25, 0.3) is 0 Å². The molecule has 0 aliphatic heterocycles. The third-order valence-electron chi connectivity index (χ3n) is 2.45. The van der Waals surface area contributed by atoms with Gasteiger partial charge in [-0.15, -0.1) is 0 Å². The first-order valence-corrected chi connectivity index (χ1v) is 5.13. The van der Waals surface area contributed by atoms with Gasteiger partial charge in [0.25, 0.3) is 0 Å². The van der Waals surface area contributed by atoms with E-state index in [0.717, 1.165) is 12.1 Å². The van der Waals surface area contributed by atoms with E-state index in [4.69, 9.17) is 4.74 Å². The Labute approximate surface area is 90.4 Å². The van der Waals surface area contributed by atoms with E-state index < -0.39 is 0 Å². The molecule has 15 heavy (non-hydrogen) atoms. The highest BCUT2D eigenvalue weighted by Crippen LogP contribution is 2.15. The number of hydrogen-bond donors (Lipinski definition) is 1. The van der Waals surface area contributed by atoms with Crippen molar-refractivity contribution in [2.45, 2.75) is 19.9 Å². The Morgan fingerprint density at radius 1 is 1.47 bits per heavy atom. The van der Waals surface area contributed by atoms with Crippen molar-refractivity contribution >= 4 is 0 Å². The molecule has 0 saturated carbocycles. The molecule has 0 amide bonds. The van der Waals surface area contributed by atoms with Crippen molar-refractivity contribution in [3.8, 4) is 0 Å². The van der Waals surface area contributed by atoms with E-state index in [9.17, 15) is 4.39 Å². The van der Waals surface area contributed by atoms with Crippen LogP contribution in [0.3, 0.4) is 0 Å². The van der Waals surface area contributed by atoms with Crippen LogP contribution in [-0.4, -0.2) is 20.3 Å². The fourth-order valence-electron chi connectivity index (χ4n) is 1.37. The molecule has 0 spiro atoms. The number of ether oxygens (including phenoxy) is 1. The molecule has 1 aromatic rings. The van der Waals surface area contributed by atoms with Gasteiger partial charge in [0.05, 0.1) is 6.61 Å². The summed E-state index contributed by atoms with van der Waals surface area (Å²) in [4.78, 5) is 0. The number of rotatable bonds is 5. The zero-order valence-corrected chi connectivity index (χ0v) is 9.51. The van der Waals surface area contributed by atoms with Crippen molar-refractivity contribution in [2.24, 2.45) is 0 Å². The molecule has 0 heterocycles. The first-order chi connectivity index (χ1) is 7.15. The smallest absolute Gasteiger partial charge is 0.126 e. The van der Waals surface area contributed by atoms with Crippen molar-refractivity contribution in [1.82, 2.24) is 5.32 Å². The first kappa shape index (κ1) is 12.1. The topological polar surface area (TPSA) is 21.3 Å². The summed E-state index contributed by atoms with van der Waals surface area (Å²) < 4.78 is 18.2. The number of benzene rings is 1. The Morgan fingerprint density at radius 2 is 2.20 bits per heavy atom. The van der Waals surface area contributed by atoms with Gasteiger partial charge in [-0.25, -0.2) is 4.39 Å². The van der Waals surface area contributed by atoms with Crippen molar-refractivity contribution in [3.05, 3.63) is 35.1 Å². The average molecular weight is 211 g/mol. The van der Waals surface area contributed by atoms with Crippen LogP contribution in [0.4, 0.5) is 4.39 Å².